The summed E-state index contributed by atoms with van der Waals surface area (Å²) in [5.74, 6) is 0.560. The van der Waals surface area contributed by atoms with Crippen LogP contribution in [0, 0.1) is 6.92 Å². The van der Waals surface area contributed by atoms with Gasteiger partial charge in [0.2, 0.25) is 0 Å². The molecule has 0 spiro atoms. The van der Waals surface area contributed by atoms with Gasteiger partial charge in [-0.05, 0) is 35.6 Å². The first-order valence-corrected chi connectivity index (χ1v) is 7.24. The van der Waals surface area contributed by atoms with Gasteiger partial charge in [-0.2, -0.15) is 0 Å². The summed E-state index contributed by atoms with van der Waals surface area (Å²) in [6.45, 7) is 7.11. The third-order valence-corrected chi connectivity index (χ3v) is 3.72. The zero-order chi connectivity index (χ0) is 14.5. The minimum atomic E-state index is 0.150. The topological polar surface area (TPSA) is 38.0 Å². The van der Waals surface area contributed by atoms with Gasteiger partial charge in [0.15, 0.2) is 0 Å². The van der Waals surface area contributed by atoms with Crippen LogP contribution in [0.2, 0.25) is 0 Å². The molecule has 2 heteroatoms. The largest absolute Gasteiger partial charge is 0.377 e. The highest BCUT2D eigenvalue weighted by Gasteiger charge is 2.10. The Labute approximate surface area is 122 Å². The molecule has 0 radical (unpaired) electrons. The molecule has 2 rings (SSSR count). The van der Waals surface area contributed by atoms with E-state index in [0.29, 0.717) is 12.5 Å². The second-order valence-corrected chi connectivity index (χ2v) is 5.57. The summed E-state index contributed by atoms with van der Waals surface area (Å²) in [4.78, 5) is 0. The van der Waals surface area contributed by atoms with Crippen LogP contribution >= 0.6 is 0 Å². The van der Waals surface area contributed by atoms with E-state index >= 15 is 0 Å². The molecule has 0 fully saturated rings. The number of nitrogens with two attached hydrogens (primary N) is 1. The van der Waals surface area contributed by atoms with Crippen LogP contribution in [0.25, 0.3) is 0 Å². The van der Waals surface area contributed by atoms with Gasteiger partial charge in [0.05, 0.1) is 6.04 Å². The number of hydrogen-bond donors (Lipinski definition) is 2. The van der Waals surface area contributed by atoms with E-state index in [1.54, 1.807) is 0 Å². The molecule has 0 aliphatic heterocycles. The summed E-state index contributed by atoms with van der Waals surface area (Å²) in [5, 5.41) is 3.54. The Balaban J connectivity index is 2.18. The number of nitrogens with one attached hydrogen (secondary N) is 1. The van der Waals surface area contributed by atoms with E-state index in [9.17, 15) is 0 Å². The lowest BCUT2D eigenvalue weighted by Gasteiger charge is -2.20. The highest BCUT2D eigenvalue weighted by molar-refractivity contribution is 5.52. The molecule has 2 aromatic carbocycles. The van der Waals surface area contributed by atoms with E-state index < -0.39 is 0 Å². The monoisotopic (exact) mass is 268 g/mol. The summed E-state index contributed by atoms with van der Waals surface area (Å²) >= 11 is 0. The van der Waals surface area contributed by atoms with Crippen molar-refractivity contribution in [3.05, 3.63) is 65.2 Å². The number of anilines is 1. The molecule has 1 atom stereocenters. The van der Waals surface area contributed by atoms with Crippen LogP contribution in [0.15, 0.2) is 48.5 Å². The van der Waals surface area contributed by atoms with Gasteiger partial charge < -0.3 is 11.1 Å². The predicted octanol–water partition coefficient (Wildman–Crippen LogP) is 4.23. The second kappa shape index (κ2) is 6.58. The van der Waals surface area contributed by atoms with Gasteiger partial charge in [0, 0.05) is 12.2 Å². The number of para-hydroxylation sites is 1. The quantitative estimate of drug-likeness (QED) is 0.851. The summed E-state index contributed by atoms with van der Waals surface area (Å²) in [6.07, 6.45) is 0. The lowest BCUT2D eigenvalue weighted by molar-refractivity contribution is 0.785. The minimum Gasteiger partial charge on any atom is -0.377 e. The van der Waals surface area contributed by atoms with Crippen LogP contribution in [0.4, 0.5) is 5.69 Å². The maximum atomic E-state index is 5.94. The number of hydrogen-bond acceptors (Lipinski definition) is 2. The molecular weight excluding hydrogens is 244 g/mol. The van der Waals surface area contributed by atoms with E-state index in [4.69, 9.17) is 5.73 Å². The summed E-state index contributed by atoms with van der Waals surface area (Å²) < 4.78 is 0. The molecule has 2 aromatic rings. The Morgan fingerprint density at radius 1 is 0.950 bits per heavy atom. The highest BCUT2D eigenvalue weighted by atomic mass is 14.9. The first-order valence-electron chi connectivity index (χ1n) is 7.24. The molecule has 0 aromatic heterocycles. The van der Waals surface area contributed by atoms with Gasteiger partial charge in [-0.3, -0.25) is 0 Å². The summed E-state index contributed by atoms with van der Waals surface area (Å²) in [7, 11) is 0. The third kappa shape index (κ3) is 3.40. The van der Waals surface area contributed by atoms with Crippen LogP contribution in [-0.4, -0.2) is 6.54 Å². The molecule has 0 amide bonds. The van der Waals surface area contributed by atoms with Gasteiger partial charge in [0.25, 0.3) is 0 Å². The molecule has 20 heavy (non-hydrogen) atoms. The molecule has 0 saturated heterocycles. The second-order valence-electron chi connectivity index (χ2n) is 5.57. The van der Waals surface area contributed by atoms with Crippen molar-refractivity contribution in [2.24, 2.45) is 5.73 Å². The van der Waals surface area contributed by atoms with Crippen LogP contribution in [0.3, 0.4) is 0 Å². The smallest absolute Gasteiger partial charge is 0.0636 e. The van der Waals surface area contributed by atoms with Crippen LogP contribution in [0.5, 0.6) is 0 Å². The lowest BCUT2D eigenvalue weighted by Crippen LogP contribution is -2.21. The fraction of sp³-hybridized carbons (Fsp3) is 0.333. The van der Waals surface area contributed by atoms with Crippen molar-refractivity contribution in [1.29, 1.82) is 0 Å². The van der Waals surface area contributed by atoms with Crippen molar-refractivity contribution in [2.45, 2.75) is 32.7 Å². The van der Waals surface area contributed by atoms with Crippen LogP contribution < -0.4 is 11.1 Å². The van der Waals surface area contributed by atoms with Crippen LogP contribution in [0.1, 0.15) is 42.5 Å². The average molecular weight is 268 g/mol. The number of aryl methyl sites for hydroxylation is 1. The maximum Gasteiger partial charge on any atom is 0.0636 e. The van der Waals surface area contributed by atoms with Gasteiger partial charge >= 0.3 is 0 Å². The summed E-state index contributed by atoms with van der Waals surface area (Å²) in [5.41, 5.74) is 10.9. The molecule has 0 saturated carbocycles. The Morgan fingerprint density at radius 2 is 1.55 bits per heavy atom. The normalized spacial score (nSPS) is 12.4. The molecule has 0 heterocycles. The Bertz CT molecular complexity index is 544. The standard InChI is InChI=1S/C18H24N2/c1-13(2)15-8-10-16(11-9-15)18(12-19)20-17-7-5-4-6-14(17)3/h4-11,13,18,20H,12,19H2,1-3H3. The fourth-order valence-corrected chi connectivity index (χ4v) is 2.31. The van der Waals surface area contributed by atoms with E-state index in [1.807, 2.05) is 6.07 Å². The molecule has 2 nitrogen and oxygen atoms in total. The molecule has 0 aliphatic rings. The first kappa shape index (κ1) is 14.6. The van der Waals surface area contributed by atoms with E-state index in [-0.39, 0.29) is 6.04 Å². The maximum absolute atomic E-state index is 5.94. The van der Waals surface area contributed by atoms with Crippen molar-refractivity contribution in [1.82, 2.24) is 0 Å². The van der Waals surface area contributed by atoms with Gasteiger partial charge in [-0.15, -0.1) is 0 Å². The van der Waals surface area contributed by atoms with Gasteiger partial charge in [0.1, 0.15) is 0 Å². The van der Waals surface area contributed by atoms with Gasteiger partial charge in [-0.1, -0.05) is 56.3 Å². The Kier molecular flexibility index (Phi) is 4.80. The van der Waals surface area contributed by atoms with Crippen molar-refractivity contribution >= 4 is 5.69 Å². The molecule has 3 N–H and O–H groups in total. The molecule has 0 aliphatic carbocycles. The van der Waals surface area contributed by atoms with E-state index in [1.165, 1.54) is 16.7 Å². The van der Waals surface area contributed by atoms with Crippen molar-refractivity contribution < 1.29 is 0 Å². The zero-order valence-electron chi connectivity index (χ0n) is 12.6. The lowest BCUT2D eigenvalue weighted by atomic mass is 9.99. The van der Waals surface area contributed by atoms with Gasteiger partial charge in [-0.25, -0.2) is 0 Å². The molecular formula is C18H24N2. The predicted molar refractivity (Wildman–Crippen MR) is 87.1 cm³/mol. The highest BCUT2D eigenvalue weighted by Crippen LogP contribution is 2.23. The van der Waals surface area contributed by atoms with Crippen LogP contribution in [-0.2, 0) is 0 Å². The average Bonchev–Trinajstić information content (AvgIpc) is 2.46. The molecule has 1 unspecified atom stereocenters. The van der Waals surface area contributed by atoms with E-state index in [0.717, 1.165) is 5.69 Å². The Hall–Kier alpha value is -1.80. The van der Waals surface area contributed by atoms with Crippen molar-refractivity contribution in [3.63, 3.8) is 0 Å². The molecule has 0 bridgehead atoms. The third-order valence-electron chi connectivity index (χ3n) is 3.72. The Morgan fingerprint density at radius 3 is 2.10 bits per heavy atom. The van der Waals surface area contributed by atoms with Crippen molar-refractivity contribution in [2.75, 3.05) is 11.9 Å². The number of benzene rings is 2. The summed E-state index contributed by atoms with van der Waals surface area (Å²) in [6, 6.07) is 17.2. The minimum absolute atomic E-state index is 0.150. The first-order chi connectivity index (χ1) is 9.61. The fourth-order valence-electron chi connectivity index (χ4n) is 2.31. The zero-order valence-corrected chi connectivity index (χ0v) is 12.6. The van der Waals surface area contributed by atoms with E-state index in [2.05, 4.69) is 68.6 Å². The SMILES string of the molecule is Cc1ccccc1NC(CN)c1ccc(C(C)C)cc1. The molecule has 106 valence electrons. The van der Waals surface area contributed by atoms with Crippen molar-refractivity contribution in [3.8, 4) is 0 Å². The number of rotatable bonds is 5.